The molecule has 0 unspecified atom stereocenters. The molecule has 1 aliphatic heterocycles. The lowest BCUT2D eigenvalue weighted by atomic mass is 10.1. The number of ether oxygens (including phenoxy) is 2. The van der Waals surface area contributed by atoms with Crippen LogP contribution in [0.3, 0.4) is 0 Å². The molecule has 1 fully saturated rings. The number of nitrogens with zero attached hydrogens (tertiary/aromatic N) is 2. The van der Waals surface area contributed by atoms with E-state index < -0.39 is 0 Å². The molecular weight excluding hydrogens is 404 g/mol. The average Bonchev–Trinajstić information content (AvgIpc) is 2.75. The number of halogens is 1. The van der Waals surface area contributed by atoms with Crippen molar-refractivity contribution >= 4 is 23.2 Å². The SMILES string of the molecule is CCCCOc1c(Cl)cc(C(=O)N2CCN(c3cccc(O)c3)CC2)cc1OCC. The van der Waals surface area contributed by atoms with Gasteiger partial charge < -0.3 is 24.4 Å². The Morgan fingerprint density at radius 2 is 1.87 bits per heavy atom. The van der Waals surface area contributed by atoms with E-state index in [1.54, 1.807) is 24.3 Å². The number of piperazine rings is 1. The number of anilines is 1. The maximum atomic E-state index is 13.1. The normalized spacial score (nSPS) is 14.0. The maximum absolute atomic E-state index is 13.1. The molecule has 0 atom stereocenters. The van der Waals surface area contributed by atoms with Crippen molar-refractivity contribution in [3.05, 3.63) is 47.0 Å². The first-order valence-electron chi connectivity index (χ1n) is 10.5. The molecule has 0 bridgehead atoms. The van der Waals surface area contributed by atoms with Gasteiger partial charge in [0.2, 0.25) is 0 Å². The second-order valence-corrected chi connectivity index (χ2v) is 7.63. The first-order chi connectivity index (χ1) is 14.5. The van der Waals surface area contributed by atoms with E-state index in [1.807, 2.05) is 24.0 Å². The molecule has 30 heavy (non-hydrogen) atoms. The van der Waals surface area contributed by atoms with Gasteiger partial charge in [-0.05, 0) is 37.6 Å². The Kier molecular flexibility index (Phi) is 7.69. The highest BCUT2D eigenvalue weighted by atomic mass is 35.5. The van der Waals surface area contributed by atoms with Crippen LogP contribution in [0.1, 0.15) is 37.0 Å². The lowest BCUT2D eigenvalue weighted by Crippen LogP contribution is -2.48. The van der Waals surface area contributed by atoms with Gasteiger partial charge in [-0.1, -0.05) is 31.0 Å². The van der Waals surface area contributed by atoms with Crippen LogP contribution in [0, 0.1) is 0 Å². The molecule has 162 valence electrons. The number of phenols is 1. The van der Waals surface area contributed by atoms with Gasteiger partial charge in [-0.2, -0.15) is 0 Å². The van der Waals surface area contributed by atoms with Crippen molar-refractivity contribution in [1.29, 1.82) is 0 Å². The van der Waals surface area contributed by atoms with E-state index in [-0.39, 0.29) is 11.7 Å². The lowest BCUT2D eigenvalue weighted by molar-refractivity contribution is 0.0746. The molecule has 1 N–H and O–H groups in total. The van der Waals surface area contributed by atoms with Gasteiger partial charge in [-0.25, -0.2) is 0 Å². The number of amides is 1. The zero-order chi connectivity index (χ0) is 21.5. The molecule has 1 saturated heterocycles. The third-order valence-electron chi connectivity index (χ3n) is 5.06. The van der Waals surface area contributed by atoms with Crippen molar-refractivity contribution < 1.29 is 19.4 Å². The number of carbonyl (C=O) groups excluding carboxylic acids is 1. The first kappa shape index (κ1) is 22.1. The number of rotatable bonds is 8. The number of aromatic hydroxyl groups is 1. The van der Waals surface area contributed by atoms with E-state index in [1.165, 1.54) is 0 Å². The van der Waals surface area contributed by atoms with E-state index >= 15 is 0 Å². The second kappa shape index (κ2) is 10.4. The van der Waals surface area contributed by atoms with Crippen LogP contribution in [0.2, 0.25) is 5.02 Å². The molecule has 0 spiro atoms. The van der Waals surface area contributed by atoms with Gasteiger partial charge in [0.25, 0.3) is 5.91 Å². The van der Waals surface area contributed by atoms with Crippen molar-refractivity contribution in [2.75, 3.05) is 44.3 Å². The summed E-state index contributed by atoms with van der Waals surface area (Å²) < 4.78 is 11.5. The smallest absolute Gasteiger partial charge is 0.254 e. The predicted molar refractivity (Wildman–Crippen MR) is 119 cm³/mol. The maximum Gasteiger partial charge on any atom is 0.254 e. The lowest BCUT2D eigenvalue weighted by Gasteiger charge is -2.36. The highest BCUT2D eigenvalue weighted by Gasteiger charge is 2.24. The summed E-state index contributed by atoms with van der Waals surface area (Å²) >= 11 is 6.44. The topological polar surface area (TPSA) is 62.2 Å². The molecule has 1 aliphatic rings. The highest BCUT2D eigenvalue weighted by molar-refractivity contribution is 6.32. The summed E-state index contributed by atoms with van der Waals surface area (Å²) in [6, 6.07) is 10.6. The summed E-state index contributed by atoms with van der Waals surface area (Å²) in [5, 5.41) is 10.1. The van der Waals surface area contributed by atoms with Gasteiger partial charge in [0.15, 0.2) is 11.5 Å². The minimum Gasteiger partial charge on any atom is -0.508 e. The third kappa shape index (κ3) is 5.30. The van der Waals surface area contributed by atoms with Crippen molar-refractivity contribution in [1.82, 2.24) is 4.90 Å². The highest BCUT2D eigenvalue weighted by Crippen LogP contribution is 2.37. The summed E-state index contributed by atoms with van der Waals surface area (Å²) in [7, 11) is 0. The van der Waals surface area contributed by atoms with E-state index in [0.717, 1.165) is 18.5 Å². The molecule has 2 aromatic carbocycles. The van der Waals surface area contributed by atoms with Crippen LogP contribution in [0.5, 0.6) is 17.2 Å². The number of benzene rings is 2. The third-order valence-corrected chi connectivity index (χ3v) is 5.34. The summed E-state index contributed by atoms with van der Waals surface area (Å²) in [6.45, 7) is 7.56. The zero-order valence-electron chi connectivity index (χ0n) is 17.6. The number of phenolic OH excluding ortho intramolecular Hbond substituents is 1. The zero-order valence-corrected chi connectivity index (χ0v) is 18.3. The Balaban J connectivity index is 1.70. The van der Waals surface area contributed by atoms with E-state index in [4.69, 9.17) is 21.1 Å². The van der Waals surface area contributed by atoms with Crippen LogP contribution < -0.4 is 14.4 Å². The molecule has 3 rings (SSSR count). The molecule has 0 aliphatic carbocycles. The Labute approximate surface area is 183 Å². The monoisotopic (exact) mass is 432 g/mol. The quantitative estimate of drug-likeness (QED) is 0.618. The minimum absolute atomic E-state index is 0.0754. The number of hydrogen-bond acceptors (Lipinski definition) is 5. The molecular formula is C23H29ClN2O4. The fourth-order valence-corrected chi connectivity index (χ4v) is 3.72. The van der Waals surface area contributed by atoms with Gasteiger partial charge in [-0.3, -0.25) is 4.79 Å². The summed E-state index contributed by atoms with van der Waals surface area (Å²) in [5.74, 6) is 1.17. The van der Waals surface area contributed by atoms with E-state index in [0.29, 0.717) is 61.5 Å². The first-order valence-corrected chi connectivity index (χ1v) is 10.8. The fourth-order valence-electron chi connectivity index (χ4n) is 3.45. The van der Waals surface area contributed by atoms with Crippen LogP contribution in [-0.2, 0) is 0 Å². The van der Waals surface area contributed by atoms with Crippen molar-refractivity contribution in [2.24, 2.45) is 0 Å². The predicted octanol–water partition coefficient (Wildman–Crippen LogP) is 4.59. The largest absolute Gasteiger partial charge is 0.508 e. The summed E-state index contributed by atoms with van der Waals surface area (Å²) in [4.78, 5) is 17.1. The van der Waals surface area contributed by atoms with E-state index in [9.17, 15) is 9.90 Å². The van der Waals surface area contributed by atoms with Crippen LogP contribution in [0.25, 0.3) is 0 Å². The standard InChI is InChI=1S/C23H29ClN2O4/c1-3-5-13-30-22-20(24)14-17(15-21(22)29-4-2)23(28)26-11-9-25(10-12-26)18-7-6-8-19(27)16-18/h6-8,14-16,27H,3-5,9-13H2,1-2H3. The summed E-state index contributed by atoms with van der Waals surface area (Å²) in [6.07, 6.45) is 1.94. The summed E-state index contributed by atoms with van der Waals surface area (Å²) in [5.41, 5.74) is 1.45. The van der Waals surface area contributed by atoms with Crippen molar-refractivity contribution in [3.63, 3.8) is 0 Å². The molecule has 7 heteroatoms. The van der Waals surface area contributed by atoms with E-state index in [2.05, 4.69) is 11.8 Å². The molecule has 0 aromatic heterocycles. The van der Waals surface area contributed by atoms with Gasteiger partial charge in [-0.15, -0.1) is 0 Å². The molecule has 6 nitrogen and oxygen atoms in total. The van der Waals surface area contributed by atoms with Crippen LogP contribution in [0.4, 0.5) is 5.69 Å². The Morgan fingerprint density at radius 3 is 2.53 bits per heavy atom. The molecule has 2 aromatic rings. The molecule has 1 amide bonds. The van der Waals surface area contributed by atoms with Gasteiger partial charge in [0, 0.05) is 43.5 Å². The molecule has 1 heterocycles. The Morgan fingerprint density at radius 1 is 1.10 bits per heavy atom. The second-order valence-electron chi connectivity index (χ2n) is 7.22. The van der Waals surface area contributed by atoms with Crippen LogP contribution in [-0.4, -0.2) is 55.3 Å². The van der Waals surface area contributed by atoms with Crippen LogP contribution >= 0.6 is 11.6 Å². The number of carbonyl (C=O) groups is 1. The fraction of sp³-hybridized carbons (Fsp3) is 0.435. The van der Waals surface area contributed by atoms with Crippen molar-refractivity contribution in [2.45, 2.75) is 26.7 Å². The van der Waals surface area contributed by atoms with Crippen molar-refractivity contribution in [3.8, 4) is 17.2 Å². The van der Waals surface area contributed by atoms with Gasteiger partial charge in [0.1, 0.15) is 5.75 Å². The number of unbranched alkanes of at least 4 members (excludes halogenated alkanes) is 1. The van der Waals surface area contributed by atoms with Crippen LogP contribution in [0.15, 0.2) is 36.4 Å². The Hall–Kier alpha value is -2.60. The molecule has 0 saturated carbocycles. The minimum atomic E-state index is -0.0754. The van der Waals surface area contributed by atoms with Gasteiger partial charge in [0.05, 0.1) is 18.2 Å². The number of hydrogen-bond donors (Lipinski definition) is 1. The molecule has 0 radical (unpaired) electrons. The average molecular weight is 433 g/mol. The van der Waals surface area contributed by atoms with Gasteiger partial charge >= 0.3 is 0 Å². The Bertz CT molecular complexity index is 866.